The van der Waals surface area contributed by atoms with E-state index in [9.17, 15) is 9.59 Å². The summed E-state index contributed by atoms with van der Waals surface area (Å²) in [6, 6.07) is 16.3. The molecule has 2 N–H and O–H groups in total. The SMILES string of the molecule is Cc1onc(-c2ccccc2)c1C(=O)NNC(=O)c1cccc(N(C)C)c1. The maximum absolute atomic E-state index is 12.6. The Bertz CT molecular complexity index is 964. The van der Waals surface area contributed by atoms with E-state index in [-0.39, 0.29) is 5.56 Å². The number of benzene rings is 2. The Morgan fingerprint density at radius 1 is 0.963 bits per heavy atom. The van der Waals surface area contributed by atoms with Gasteiger partial charge in [0.25, 0.3) is 11.8 Å². The summed E-state index contributed by atoms with van der Waals surface area (Å²) >= 11 is 0. The van der Waals surface area contributed by atoms with Crippen molar-refractivity contribution in [2.75, 3.05) is 19.0 Å². The molecule has 0 aliphatic heterocycles. The maximum atomic E-state index is 12.6. The van der Waals surface area contributed by atoms with Gasteiger partial charge >= 0.3 is 0 Å². The second kappa shape index (κ2) is 7.74. The van der Waals surface area contributed by atoms with Crippen LogP contribution in [0.25, 0.3) is 11.3 Å². The number of hydrazine groups is 1. The lowest BCUT2D eigenvalue weighted by Crippen LogP contribution is -2.42. The molecule has 3 aromatic rings. The highest BCUT2D eigenvalue weighted by atomic mass is 16.5. The summed E-state index contributed by atoms with van der Waals surface area (Å²) in [5.41, 5.74) is 7.65. The van der Waals surface area contributed by atoms with Gasteiger partial charge in [0.05, 0.1) is 0 Å². The first-order chi connectivity index (χ1) is 13.0. The van der Waals surface area contributed by atoms with Crippen LogP contribution < -0.4 is 15.8 Å². The highest BCUT2D eigenvalue weighted by Crippen LogP contribution is 2.24. The van der Waals surface area contributed by atoms with Crippen molar-refractivity contribution in [3.63, 3.8) is 0 Å². The molecule has 3 rings (SSSR count). The minimum absolute atomic E-state index is 0.281. The highest BCUT2D eigenvalue weighted by Gasteiger charge is 2.22. The van der Waals surface area contributed by atoms with E-state index in [0.29, 0.717) is 17.0 Å². The van der Waals surface area contributed by atoms with Crippen molar-refractivity contribution in [3.05, 3.63) is 71.5 Å². The third-order valence-corrected chi connectivity index (χ3v) is 4.05. The highest BCUT2D eigenvalue weighted by molar-refractivity contribution is 6.03. The predicted molar refractivity (Wildman–Crippen MR) is 102 cm³/mol. The average Bonchev–Trinajstić information content (AvgIpc) is 3.08. The van der Waals surface area contributed by atoms with Crippen LogP contribution in [0.4, 0.5) is 5.69 Å². The molecule has 0 aliphatic rings. The topological polar surface area (TPSA) is 87.5 Å². The first-order valence-electron chi connectivity index (χ1n) is 8.37. The number of hydrogen-bond donors (Lipinski definition) is 2. The number of nitrogens with zero attached hydrogens (tertiary/aromatic N) is 2. The normalized spacial score (nSPS) is 10.3. The summed E-state index contributed by atoms with van der Waals surface area (Å²) in [7, 11) is 3.77. The lowest BCUT2D eigenvalue weighted by Gasteiger charge is -2.13. The summed E-state index contributed by atoms with van der Waals surface area (Å²) < 4.78 is 5.18. The second-order valence-electron chi connectivity index (χ2n) is 6.18. The molecule has 0 fully saturated rings. The number of aromatic nitrogens is 1. The largest absolute Gasteiger partial charge is 0.378 e. The van der Waals surface area contributed by atoms with Crippen molar-refractivity contribution in [3.8, 4) is 11.3 Å². The number of carbonyl (C=O) groups is 2. The average molecular weight is 364 g/mol. The Kier molecular flexibility index (Phi) is 5.21. The first-order valence-corrected chi connectivity index (χ1v) is 8.37. The van der Waals surface area contributed by atoms with Crippen molar-refractivity contribution in [1.82, 2.24) is 16.0 Å². The van der Waals surface area contributed by atoms with Crippen LogP contribution in [-0.2, 0) is 0 Å². The Morgan fingerprint density at radius 2 is 1.67 bits per heavy atom. The summed E-state index contributed by atoms with van der Waals surface area (Å²) in [5.74, 6) is -0.539. The van der Waals surface area contributed by atoms with E-state index < -0.39 is 11.8 Å². The van der Waals surface area contributed by atoms with E-state index in [0.717, 1.165) is 11.3 Å². The van der Waals surface area contributed by atoms with Gasteiger partial charge < -0.3 is 9.42 Å². The van der Waals surface area contributed by atoms with Crippen LogP contribution in [0.5, 0.6) is 0 Å². The summed E-state index contributed by atoms with van der Waals surface area (Å²) in [4.78, 5) is 26.8. The van der Waals surface area contributed by atoms with E-state index in [1.165, 1.54) is 0 Å². The summed E-state index contributed by atoms with van der Waals surface area (Å²) in [5, 5.41) is 3.97. The molecule has 7 nitrogen and oxygen atoms in total. The Morgan fingerprint density at radius 3 is 2.37 bits per heavy atom. The number of carbonyl (C=O) groups excluding carboxylic acids is 2. The van der Waals surface area contributed by atoms with Gasteiger partial charge in [0.2, 0.25) is 0 Å². The Balaban J connectivity index is 1.74. The Hall–Kier alpha value is -3.61. The molecule has 0 spiro atoms. The van der Waals surface area contributed by atoms with Crippen molar-refractivity contribution >= 4 is 17.5 Å². The molecule has 0 aliphatic carbocycles. The molecular weight excluding hydrogens is 344 g/mol. The zero-order valence-electron chi connectivity index (χ0n) is 15.3. The number of aryl methyl sites for hydroxylation is 1. The lowest BCUT2D eigenvalue weighted by atomic mass is 10.1. The van der Waals surface area contributed by atoms with Crippen LogP contribution in [0.2, 0.25) is 0 Å². The second-order valence-corrected chi connectivity index (χ2v) is 6.18. The van der Waals surface area contributed by atoms with Gasteiger partial charge in [0, 0.05) is 30.9 Å². The molecule has 0 radical (unpaired) electrons. The minimum atomic E-state index is -0.496. The third kappa shape index (κ3) is 3.98. The standard InChI is InChI=1S/C20H20N4O3/c1-13-17(18(23-27-13)14-8-5-4-6-9-14)20(26)22-21-19(25)15-10-7-11-16(12-15)24(2)3/h4-12H,1-3H3,(H,21,25)(H,22,26). The van der Waals surface area contributed by atoms with Crippen LogP contribution in [0.3, 0.4) is 0 Å². The predicted octanol–water partition coefficient (Wildman–Crippen LogP) is 2.79. The molecule has 2 amide bonds. The van der Waals surface area contributed by atoms with Crippen LogP contribution in [0, 0.1) is 6.92 Å². The Labute approximate surface area is 156 Å². The molecule has 7 heteroatoms. The van der Waals surface area contributed by atoms with Crippen LogP contribution in [0.15, 0.2) is 59.1 Å². The van der Waals surface area contributed by atoms with Crippen molar-refractivity contribution < 1.29 is 14.1 Å². The van der Waals surface area contributed by atoms with Gasteiger partial charge in [-0.3, -0.25) is 20.4 Å². The first kappa shape index (κ1) is 18.2. The number of rotatable bonds is 4. The summed E-state index contributed by atoms with van der Waals surface area (Å²) in [6.45, 7) is 1.65. The van der Waals surface area contributed by atoms with E-state index in [1.807, 2.05) is 55.4 Å². The molecule has 0 saturated heterocycles. The van der Waals surface area contributed by atoms with Gasteiger partial charge in [-0.2, -0.15) is 0 Å². The van der Waals surface area contributed by atoms with Crippen LogP contribution in [-0.4, -0.2) is 31.1 Å². The monoisotopic (exact) mass is 364 g/mol. The maximum Gasteiger partial charge on any atom is 0.275 e. The van der Waals surface area contributed by atoms with E-state index in [1.54, 1.807) is 25.1 Å². The summed E-state index contributed by atoms with van der Waals surface area (Å²) in [6.07, 6.45) is 0. The van der Waals surface area contributed by atoms with Crippen molar-refractivity contribution in [2.45, 2.75) is 6.92 Å². The number of nitrogens with one attached hydrogen (secondary N) is 2. The number of anilines is 1. The lowest BCUT2D eigenvalue weighted by molar-refractivity contribution is 0.0846. The van der Waals surface area contributed by atoms with Gasteiger partial charge in [0.15, 0.2) is 0 Å². The van der Waals surface area contributed by atoms with E-state index in [4.69, 9.17) is 4.52 Å². The molecule has 1 aromatic heterocycles. The van der Waals surface area contributed by atoms with Crippen molar-refractivity contribution in [1.29, 1.82) is 0 Å². The minimum Gasteiger partial charge on any atom is -0.378 e. The van der Waals surface area contributed by atoms with Crippen LogP contribution in [0.1, 0.15) is 26.5 Å². The van der Waals surface area contributed by atoms with E-state index in [2.05, 4.69) is 16.0 Å². The molecule has 138 valence electrons. The fourth-order valence-corrected chi connectivity index (χ4v) is 2.61. The molecule has 2 aromatic carbocycles. The molecule has 0 unspecified atom stereocenters. The zero-order chi connectivity index (χ0) is 19.4. The fraction of sp³-hybridized carbons (Fsp3) is 0.150. The fourth-order valence-electron chi connectivity index (χ4n) is 2.61. The van der Waals surface area contributed by atoms with Gasteiger partial charge in [-0.15, -0.1) is 0 Å². The number of hydrogen-bond acceptors (Lipinski definition) is 5. The molecule has 1 heterocycles. The molecular formula is C20H20N4O3. The van der Waals surface area contributed by atoms with E-state index >= 15 is 0 Å². The van der Waals surface area contributed by atoms with Crippen LogP contribution >= 0.6 is 0 Å². The quantitative estimate of drug-likeness (QED) is 0.695. The van der Waals surface area contributed by atoms with Gasteiger partial charge in [-0.25, -0.2) is 0 Å². The third-order valence-electron chi connectivity index (χ3n) is 4.05. The molecule has 0 saturated carbocycles. The smallest absolute Gasteiger partial charge is 0.275 e. The van der Waals surface area contributed by atoms with Gasteiger partial charge in [-0.05, 0) is 25.1 Å². The molecule has 27 heavy (non-hydrogen) atoms. The number of amides is 2. The van der Waals surface area contributed by atoms with Gasteiger partial charge in [0.1, 0.15) is 17.0 Å². The molecule has 0 bridgehead atoms. The zero-order valence-corrected chi connectivity index (χ0v) is 15.3. The van der Waals surface area contributed by atoms with Gasteiger partial charge in [-0.1, -0.05) is 41.6 Å². The van der Waals surface area contributed by atoms with Crippen molar-refractivity contribution in [2.24, 2.45) is 0 Å². The molecule has 0 atom stereocenters.